The van der Waals surface area contributed by atoms with Gasteiger partial charge < -0.3 is 10.7 Å². The fraction of sp³-hybridized carbons (Fsp3) is 0.538. The number of rotatable bonds is 3. The molecule has 104 valence electrons. The quantitative estimate of drug-likeness (QED) is 0.857. The number of aryl methyl sites for hydroxylation is 1. The first-order valence-corrected chi connectivity index (χ1v) is 7.16. The molecule has 0 fully saturated rings. The van der Waals surface area contributed by atoms with E-state index in [-0.39, 0.29) is 16.5 Å². The van der Waals surface area contributed by atoms with E-state index in [9.17, 15) is 13.0 Å². The van der Waals surface area contributed by atoms with Gasteiger partial charge in [-0.3, -0.25) is 0 Å². The second-order valence-electron chi connectivity index (χ2n) is 5.27. The Morgan fingerprint density at radius 1 is 1.22 bits per heavy atom. The van der Waals surface area contributed by atoms with Gasteiger partial charge in [0.15, 0.2) is 0 Å². The first kappa shape index (κ1) is 17.1. The Bertz CT molecular complexity index is 501. The SMILES string of the molecule is CCCc1cc(S(=O)(=O)[O-])ccc1C(C)(C)C.[NH4+]. The maximum Gasteiger partial charge on any atom is 0.124 e. The number of hydrogen-bond acceptors (Lipinski definition) is 3. The summed E-state index contributed by atoms with van der Waals surface area (Å²) < 4.78 is 33.0. The highest BCUT2D eigenvalue weighted by Crippen LogP contribution is 2.28. The van der Waals surface area contributed by atoms with Crippen LogP contribution >= 0.6 is 0 Å². The van der Waals surface area contributed by atoms with Gasteiger partial charge in [0.1, 0.15) is 10.1 Å². The fourth-order valence-corrected chi connectivity index (χ4v) is 2.45. The third-order valence-corrected chi connectivity index (χ3v) is 3.52. The molecule has 1 aromatic rings. The van der Waals surface area contributed by atoms with Crippen LogP contribution in [-0.2, 0) is 22.0 Å². The third kappa shape index (κ3) is 4.08. The van der Waals surface area contributed by atoms with Crippen molar-refractivity contribution in [2.24, 2.45) is 0 Å². The van der Waals surface area contributed by atoms with Crippen molar-refractivity contribution in [1.29, 1.82) is 0 Å². The zero-order chi connectivity index (χ0) is 13.3. The minimum Gasteiger partial charge on any atom is -0.744 e. The fourth-order valence-electron chi connectivity index (χ4n) is 1.93. The van der Waals surface area contributed by atoms with Crippen molar-refractivity contribution < 1.29 is 13.0 Å². The standard InChI is InChI=1S/C13H20O3S.H3N/c1-5-6-10-9-11(17(14,15)16)7-8-12(10)13(2,3)4;/h7-9H,5-6H2,1-4H3,(H,14,15,16);1H3. The molecular formula is C13H23NO3S. The third-order valence-electron chi connectivity index (χ3n) is 2.69. The molecule has 0 aliphatic heterocycles. The smallest absolute Gasteiger partial charge is 0.124 e. The van der Waals surface area contributed by atoms with Crippen LogP contribution in [-0.4, -0.2) is 13.0 Å². The lowest BCUT2D eigenvalue weighted by molar-refractivity contribution is 0.462. The number of benzene rings is 1. The van der Waals surface area contributed by atoms with Crippen LogP contribution < -0.4 is 6.15 Å². The summed E-state index contributed by atoms with van der Waals surface area (Å²) in [6.07, 6.45) is 1.71. The van der Waals surface area contributed by atoms with Crippen LogP contribution in [0, 0.1) is 0 Å². The molecule has 0 radical (unpaired) electrons. The van der Waals surface area contributed by atoms with Gasteiger partial charge in [-0.1, -0.05) is 40.2 Å². The first-order valence-electron chi connectivity index (χ1n) is 5.75. The highest BCUT2D eigenvalue weighted by molar-refractivity contribution is 7.85. The van der Waals surface area contributed by atoms with Crippen molar-refractivity contribution in [3.8, 4) is 0 Å². The monoisotopic (exact) mass is 273 g/mol. The summed E-state index contributed by atoms with van der Waals surface area (Å²) in [5, 5.41) is 0. The van der Waals surface area contributed by atoms with Crippen LogP contribution in [0.4, 0.5) is 0 Å². The maximum atomic E-state index is 11.0. The number of hydrogen-bond donors (Lipinski definition) is 1. The molecular weight excluding hydrogens is 250 g/mol. The Morgan fingerprint density at radius 2 is 1.78 bits per heavy atom. The van der Waals surface area contributed by atoms with E-state index >= 15 is 0 Å². The molecule has 5 heteroatoms. The van der Waals surface area contributed by atoms with Crippen LogP contribution in [0.1, 0.15) is 45.2 Å². The molecule has 18 heavy (non-hydrogen) atoms. The summed E-state index contributed by atoms with van der Waals surface area (Å²) >= 11 is 0. The average Bonchev–Trinajstić information content (AvgIpc) is 2.15. The van der Waals surface area contributed by atoms with E-state index in [4.69, 9.17) is 0 Å². The molecule has 4 nitrogen and oxygen atoms in total. The first-order chi connectivity index (χ1) is 7.66. The van der Waals surface area contributed by atoms with E-state index in [0.29, 0.717) is 0 Å². The topological polar surface area (TPSA) is 93.7 Å². The normalized spacial score (nSPS) is 12.1. The highest BCUT2D eigenvalue weighted by Gasteiger charge is 2.18. The Hall–Kier alpha value is -0.910. The van der Waals surface area contributed by atoms with Gasteiger partial charge in [-0.25, -0.2) is 8.42 Å². The van der Waals surface area contributed by atoms with Gasteiger partial charge in [-0.2, -0.15) is 0 Å². The van der Waals surface area contributed by atoms with Crippen molar-refractivity contribution in [2.75, 3.05) is 0 Å². The molecule has 0 heterocycles. The molecule has 1 aromatic carbocycles. The van der Waals surface area contributed by atoms with Gasteiger partial charge in [0.25, 0.3) is 0 Å². The summed E-state index contributed by atoms with van der Waals surface area (Å²) in [6, 6.07) is 4.68. The second kappa shape index (κ2) is 5.82. The van der Waals surface area contributed by atoms with Gasteiger partial charge in [0.05, 0.1) is 4.90 Å². The summed E-state index contributed by atoms with van der Waals surface area (Å²) in [6.45, 7) is 8.26. The molecule has 1 rings (SSSR count). The predicted molar refractivity (Wildman–Crippen MR) is 73.1 cm³/mol. The van der Waals surface area contributed by atoms with E-state index in [1.54, 1.807) is 6.07 Å². The predicted octanol–water partition coefficient (Wildman–Crippen LogP) is 3.22. The van der Waals surface area contributed by atoms with Crippen molar-refractivity contribution in [3.63, 3.8) is 0 Å². The zero-order valence-electron chi connectivity index (χ0n) is 11.8. The largest absolute Gasteiger partial charge is 0.744 e. The van der Waals surface area contributed by atoms with E-state index < -0.39 is 10.1 Å². The molecule has 0 saturated carbocycles. The van der Waals surface area contributed by atoms with E-state index in [1.807, 2.05) is 6.92 Å². The lowest BCUT2D eigenvalue weighted by Gasteiger charge is -2.24. The summed E-state index contributed by atoms with van der Waals surface area (Å²) in [7, 11) is -4.36. The van der Waals surface area contributed by atoms with E-state index in [0.717, 1.165) is 24.0 Å². The van der Waals surface area contributed by atoms with Gasteiger partial charge >= 0.3 is 0 Å². The van der Waals surface area contributed by atoms with Crippen molar-refractivity contribution in [2.45, 2.75) is 50.8 Å². The maximum absolute atomic E-state index is 11.0. The molecule has 0 atom stereocenters. The van der Waals surface area contributed by atoms with Crippen LogP contribution in [0.5, 0.6) is 0 Å². The molecule has 0 aromatic heterocycles. The van der Waals surface area contributed by atoms with Gasteiger partial charge in [-0.15, -0.1) is 0 Å². The Morgan fingerprint density at radius 3 is 2.17 bits per heavy atom. The van der Waals surface area contributed by atoms with Gasteiger partial charge in [0, 0.05) is 0 Å². The minimum absolute atomic E-state index is 0. The van der Waals surface area contributed by atoms with Crippen LogP contribution in [0.2, 0.25) is 0 Å². The molecule has 0 aliphatic carbocycles. The Kier molecular flexibility index (Phi) is 5.53. The van der Waals surface area contributed by atoms with Crippen molar-refractivity contribution in [1.82, 2.24) is 6.15 Å². The highest BCUT2D eigenvalue weighted by atomic mass is 32.2. The van der Waals surface area contributed by atoms with Crippen molar-refractivity contribution in [3.05, 3.63) is 29.3 Å². The molecule has 0 bridgehead atoms. The Balaban J connectivity index is 0.00000289. The molecule has 0 unspecified atom stereocenters. The summed E-state index contributed by atoms with van der Waals surface area (Å²) in [4.78, 5) is -0.131. The molecule has 0 aliphatic rings. The molecule has 0 saturated heterocycles. The summed E-state index contributed by atoms with van der Waals surface area (Å²) in [5.41, 5.74) is 2.01. The Labute approximate surface area is 110 Å². The lowest BCUT2D eigenvalue weighted by Crippen LogP contribution is -2.15. The summed E-state index contributed by atoms with van der Waals surface area (Å²) in [5.74, 6) is 0. The van der Waals surface area contributed by atoms with Gasteiger partial charge in [0.2, 0.25) is 0 Å². The molecule has 4 N–H and O–H groups in total. The zero-order valence-corrected chi connectivity index (χ0v) is 12.6. The van der Waals surface area contributed by atoms with Crippen LogP contribution in [0.25, 0.3) is 0 Å². The second-order valence-corrected chi connectivity index (χ2v) is 6.65. The molecule has 0 amide bonds. The minimum atomic E-state index is -4.36. The van der Waals surface area contributed by atoms with Crippen molar-refractivity contribution >= 4 is 10.1 Å². The van der Waals surface area contributed by atoms with Crippen LogP contribution in [0.15, 0.2) is 23.1 Å². The average molecular weight is 273 g/mol. The van der Waals surface area contributed by atoms with E-state index in [1.165, 1.54) is 12.1 Å². The van der Waals surface area contributed by atoms with Gasteiger partial charge in [-0.05, 0) is 35.1 Å². The van der Waals surface area contributed by atoms with E-state index in [2.05, 4.69) is 20.8 Å². The molecule has 0 spiro atoms. The number of quaternary nitrogens is 1. The lowest BCUT2D eigenvalue weighted by atomic mass is 9.83. The van der Waals surface area contributed by atoms with Crippen LogP contribution in [0.3, 0.4) is 0 Å².